The maximum absolute atomic E-state index is 9.83. The molecule has 0 amide bonds. The summed E-state index contributed by atoms with van der Waals surface area (Å²) in [6, 6.07) is 0. The van der Waals surface area contributed by atoms with Crippen LogP contribution in [0.1, 0.15) is 53.4 Å². The fraction of sp³-hybridized carbons (Fsp3) is 1.00. The summed E-state index contributed by atoms with van der Waals surface area (Å²) in [7, 11) is 0. The molecule has 0 aromatic carbocycles. The van der Waals surface area contributed by atoms with Crippen molar-refractivity contribution in [2.24, 2.45) is 0 Å². The van der Waals surface area contributed by atoms with Gasteiger partial charge in [-0.15, -0.1) is 0 Å². The first kappa shape index (κ1) is 11.9. The van der Waals surface area contributed by atoms with Gasteiger partial charge in [0.2, 0.25) is 0 Å². The van der Waals surface area contributed by atoms with E-state index < -0.39 is 11.2 Å². The van der Waals surface area contributed by atoms with Crippen molar-refractivity contribution in [2.45, 2.75) is 64.6 Å². The quantitative estimate of drug-likeness (QED) is 0.626. The lowest BCUT2D eigenvalue weighted by Gasteiger charge is -2.35. The smallest absolute Gasteiger partial charge is 0.0900 e. The largest absolute Gasteiger partial charge is 0.387 e. The number of aliphatic hydroxyl groups is 2. The molecule has 2 nitrogen and oxygen atoms in total. The molecule has 0 saturated heterocycles. The van der Waals surface area contributed by atoms with Crippen molar-refractivity contribution >= 4 is 0 Å². The van der Waals surface area contributed by atoms with Crippen molar-refractivity contribution < 1.29 is 10.2 Å². The standard InChI is InChI=1S/C10H22O2/c1-5-6-7-8-10(4,12)9(2,3)11/h11-12H,5-8H2,1-4H3. The summed E-state index contributed by atoms with van der Waals surface area (Å²) in [6.45, 7) is 7.12. The second-order valence-corrected chi connectivity index (χ2v) is 4.29. The fourth-order valence-electron chi connectivity index (χ4n) is 1.03. The summed E-state index contributed by atoms with van der Waals surface area (Å²) in [5, 5.41) is 19.4. The first-order valence-electron chi connectivity index (χ1n) is 4.76. The van der Waals surface area contributed by atoms with Gasteiger partial charge in [0.15, 0.2) is 0 Å². The lowest BCUT2D eigenvalue weighted by molar-refractivity contribution is -0.124. The van der Waals surface area contributed by atoms with Crippen LogP contribution in [0.15, 0.2) is 0 Å². The molecule has 0 aliphatic carbocycles. The highest BCUT2D eigenvalue weighted by Gasteiger charge is 2.36. The van der Waals surface area contributed by atoms with E-state index in [0.29, 0.717) is 6.42 Å². The van der Waals surface area contributed by atoms with E-state index in [1.54, 1.807) is 20.8 Å². The van der Waals surface area contributed by atoms with Crippen LogP contribution in [0, 0.1) is 0 Å². The van der Waals surface area contributed by atoms with E-state index in [1.807, 2.05) is 0 Å². The lowest BCUT2D eigenvalue weighted by atomic mass is 9.83. The molecule has 0 aromatic heterocycles. The average Bonchev–Trinajstić information content (AvgIpc) is 1.85. The molecule has 12 heavy (non-hydrogen) atoms. The second kappa shape index (κ2) is 4.24. The third-order valence-corrected chi connectivity index (χ3v) is 2.59. The van der Waals surface area contributed by atoms with Crippen molar-refractivity contribution in [2.75, 3.05) is 0 Å². The van der Waals surface area contributed by atoms with Gasteiger partial charge in [0.1, 0.15) is 0 Å². The molecule has 0 aliphatic heterocycles. The molecule has 0 rings (SSSR count). The Morgan fingerprint density at radius 2 is 1.50 bits per heavy atom. The van der Waals surface area contributed by atoms with Crippen LogP contribution >= 0.6 is 0 Å². The molecule has 0 saturated carbocycles. The van der Waals surface area contributed by atoms with Crippen LogP contribution < -0.4 is 0 Å². The van der Waals surface area contributed by atoms with Gasteiger partial charge in [-0.05, 0) is 27.2 Å². The van der Waals surface area contributed by atoms with Gasteiger partial charge in [0, 0.05) is 0 Å². The summed E-state index contributed by atoms with van der Waals surface area (Å²) in [6.07, 6.45) is 3.91. The third kappa shape index (κ3) is 3.55. The summed E-state index contributed by atoms with van der Waals surface area (Å²) < 4.78 is 0. The molecular formula is C10H22O2. The molecule has 1 unspecified atom stereocenters. The highest BCUT2D eigenvalue weighted by atomic mass is 16.3. The highest BCUT2D eigenvalue weighted by molar-refractivity contribution is 4.89. The first-order valence-corrected chi connectivity index (χ1v) is 4.76. The minimum absolute atomic E-state index is 0.671. The Morgan fingerprint density at radius 3 is 1.83 bits per heavy atom. The van der Waals surface area contributed by atoms with Crippen molar-refractivity contribution in [3.05, 3.63) is 0 Å². The van der Waals surface area contributed by atoms with Crippen LogP contribution in [0.25, 0.3) is 0 Å². The average molecular weight is 174 g/mol. The molecule has 2 heteroatoms. The minimum atomic E-state index is -0.999. The molecule has 0 bridgehead atoms. The van der Waals surface area contributed by atoms with E-state index in [1.165, 1.54) is 0 Å². The van der Waals surface area contributed by atoms with Crippen LogP contribution in [-0.4, -0.2) is 21.4 Å². The van der Waals surface area contributed by atoms with Crippen molar-refractivity contribution in [3.63, 3.8) is 0 Å². The molecule has 0 heterocycles. The Balaban J connectivity index is 3.88. The normalized spacial score (nSPS) is 17.5. The maximum atomic E-state index is 9.83. The highest BCUT2D eigenvalue weighted by Crippen LogP contribution is 2.26. The molecule has 0 aliphatic rings. The van der Waals surface area contributed by atoms with Crippen molar-refractivity contribution in [1.82, 2.24) is 0 Å². The summed E-state index contributed by atoms with van der Waals surface area (Å²) in [4.78, 5) is 0. The van der Waals surface area contributed by atoms with Crippen molar-refractivity contribution in [1.29, 1.82) is 0 Å². The van der Waals surface area contributed by atoms with Crippen LogP contribution in [0.5, 0.6) is 0 Å². The SMILES string of the molecule is CCCCCC(C)(O)C(C)(C)O. The lowest BCUT2D eigenvalue weighted by Crippen LogP contribution is -2.47. The molecular weight excluding hydrogens is 152 g/mol. The van der Waals surface area contributed by atoms with Crippen molar-refractivity contribution in [3.8, 4) is 0 Å². The number of rotatable bonds is 5. The van der Waals surface area contributed by atoms with E-state index in [2.05, 4.69) is 6.92 Å². The Kier molecular flexibility index (Phi) is 4.21. The number of hydrogen-bond acceptors (Lipinski definition) is 2. The molecule has 2 N–H and O–H groups in total. The number of unbranched alkanes of at least 4 members (excludes halogenated alkanes) is 2. The predicted molar refractivity (Wildman–Crippen MR) is 51.1 cm³/mol. The molecule has 0 aromatic rings. The molecule has 1 atom stereocenters. The Labute approximate surface area is 75.6 Å². The molecule has 0 fully saturated rings. The van der Waals surface area contributed by atoms with Gasteiger partial charge in [-0.1, -0.05) is 26.2 Å². The van der Waals surface area contributed by atoms with Gasteiger partial charge >= 0.3 is 0 Å². The van der Waals surface area contributed by atoms with E-state index >= 15 is 0 Å². The van der Waals surface area contributed by atoms with Gasteiger partial charge in [-0.2, -0.15) is 0 Å². The topological polar surface area (TPSA) is 40.5 Å². The Bertz CT molecular complexity index is 122. The first-order chi connectivity index (χ1) is 5.31. The Morgan fingerprint density at radius 1 is 1.00 bits per heavy atom. The molecule has 74 valence electrons. The van der Waals surface area contributed by atoms with Crippen LogP contribution in [0.4, 0.5) is 0 Å². The molecule has 0 spiro atoms. The molecule has 0 radical (unpaired) electrons. The predicted octanol–water partition coefficient (Wildman–Crippen LogP) is 2.09. The zero-order valence-electron chi connectivity index (χ0n) is 8.72. The van der Waals surface area contributed by atoms with Crippen LogP contribution in [-0.2, 0) is 0 Å². The van der Waals surface area contributed by atoms with E-state index in [9.17, 15) is 10.2 Å². The van der Waals surface area contributed by atoms with Crippen LogP contribution in [0.3, 0.4) is 0 Å². The fourth-order valence-corrected chi connectivity index (χ4v) is 1.03. The van der Waals surface area contributed by atoms with E-state index in [0.717, 1.165) is 19.3 Å². The summed E-state index contributed by atoms with van der Waals surface area (Å²) >= 11 is 0. The zero-order valence-corrected chi connectivity index (χ0v) is 8.72. The van der Waals surface area contributed by atoms with Gasteiger partial charge in [-0.3, -0.25) is 0 Å². The maximum Gasteiger partial charge on any atom is 0.0900 e. The van der Waals surface area contributed by atoms with E-state index in [4.69, 9.17) is 0 Å². The monoisotopic (exact) mass is 174 g/mol. The summed E-state index contributed by atoms with van der Waals surface area (Å²) in [5.41, 5.74) is -1.96. The zero-order chi connectivity index (χ0) is 9.83. The van der Waals surface area contributed by atoms with Gasteiger partial charge in [-0.25, -0.2) is 0 Å². The Hall–Kier alpha value is -0.0800. The van der Waals surface area contributed by atoms with Gasteiger partial charge in [0.05, 0.1) is 11.2 Å². The van der Waals surface area contributed by atoms with Gasteiger partial charge in [0.25, 0.3) is 0 Å². The van der Waals surface area contributed by atoms with Gasteiger partial charge < -0.3 is 10.2 Å². The minimum Gasteiger partial charge on any atom is -0.387 e. The van der Waals surface area contributed by atoms with E-state index in [-0.39, 0.29) is 0 Å². The second-order valence-electron chi connectivity index (χ2n) is 4.29. The summed E-state index contributed by atoms with van der Waals surface area (Å²) in [5.74, 6) is 0. The van der Waals surface area contributed by atoms with Crippen LogP contribution in [0.2, 0.25) is 0 Å². The third-order valence-electron chi connectivity index (χ3n) is 2.59. The number of hydrogen-bond donors (Lipinski definition) is 2.